The van der Waals surface area contributed by atoms with E-state index in [1.54, 1.807) is 0 Å². The maximum absolute atomic E-state index is 5.90. The van der Waals surface area contributed by atoms with Gasteiger partial charge in [-0.15, -0.1) is 0 Å². The van der Waals surface area contributed by atoms with E-state index in [-0.39, 0.29) is 0 Å². The molecule has 0 saturated carbocycles. The standard InChI is InChI=1S/C31H56O2/c1-3-5-7-9-11-12-13-14-15-16-17-19-21-23-29-33-31-26-24-30(25-27-31)32-28-22-20-18-10-8-6-4-2/h24-27H,3-23,28-29H2,1-2H3. The number of hydrogen-bond acceptors (Lipinski definition) is 2. The van der Waals surface area contributed by atoms with Gasteiger partial charge >= 0.3 is 0 Å². The molecule has 0 fully saturated rings. The molecule has 2 heteroatoms. The molecule has 1 aromatic rings. The van der Waals surface area contributed by atoms with Crippen LogP contribution in [0.3, 0.4) is 0 Å². The van der Waals surface area contributed by atoms with Crippen LogP contribution in [0.25, 0.3) is 0 Å². The number of benzene rings is 1. The van der Waals surface area contributed by atoms with Crippen molar-refractivity contribution < 1.29 is 9.47 Å². The van der Waals surface area contributed by atoms with Gasteiger partial charge in [0.15, 0.2) is 0 Å². The largest absolute Gasteiger partial charge is 0.494 e. The van der Waals surface area contributed by atoms with Crippen LogP contribution < -0.4 is 9.47 Å². The summed E-state index contributed by atoms with van der Waals surface area (Å²) in [5.74, 6) is 1.93. The molecule has 0 atom stereocenters. The van der Waals surface area contributed by atoms with Crippen LogP contribution in [0.2, 0.25) is 0 Å². The van der Waals surface area contributed by atoms with E-state index in [1.165, 1.54) is 122 Å². The van der Waals surface area contributed by atoms with Crippen molar-refractivity contribution >= 4 is 0 Å². The SMILES string of the molecule is CCCCCCCCCCCCCCCCOc1ccc(OCCCCCCCCC)cc1. The number of hydrogen-bond donors (Lipinski definition) is 0. The molecule has 0 aliphatic rings. The van der Waals surface area contributed by atoms with E-state index in [0.29, 0.717) is 0 Å². The first-order chi connectivity index (χ1) is 16.4. The van der Waals surface area contributed by atoms with Crippen molar-refractivity contribution in [3.8, 4) is 11.5 Å². The lowest BCUT2D eigenvalue weighted by atomic mass is 10.0. The van der Waals surface area contributed by atoms with Crippen molar-refractivity contribution in [2.24, 2.45) is 0 Å². The van der Waals surface area contributed by atoms with Crippen molar-refractivity contribution in [1.29, 1.82) is 0 Å². The van der Waals surface area contributed by atoms with Gasteiger partial charge in [0.1, 0.15) is 11.5 Å². The van der Waals surface area contributed by atoms with Crippen LogP contribution in [-0.2, 0) is 0 Å². The molecule has 0 bridgehead atoms. The molecule has 0 N–H and O–H groups in total. The van der Waals surface area contributed by atoms with Gasteiger partial charge in [0.2, 0.25) is 0 Å². The molecule has 0 amide bonds. The predicted molar refractivity (Wildman–Crippen MR) is 146 cm³/mol. The Morgan fingerprint density at radius 1 is 0.364 bits per heavy atom. The van der Waals surface area contributed by atoms with Crippen molar-refractivity contribution in [2.45, 2.75) is 149 Å². The van der Waals surface area contributed by atoms with Gasteiger partial charge < -0.3 is 9.47 Å². The summed E-state index contributed by atoms with van der Waals surface area (Å²) in [6, 6.07) is 8.18. The lowest BCUT2D eigenvalue weighted by Gasteiger charge is -2.09. The third-order valence-corrected chi connectivity index (χ3v) is 6.61. The maximum Gasteiger partial charge on any atom is 0.119 e. The Bertz CT molecular complexity index is 496. The maximum atomic E-state index is 5.90. The number of rotatable bonds is 25. The van der Waals surface area contributed by atoms with Gasteiger partial charge in [0.05, 0.1) is 13.2 Å². The summed E-state index contributed by atoms with van der Waals surface area (Å²) >= 11 is 0. The molecule has 0 aliphatic carbocycles. The van der Waals surface area contributed by atoms with Crippen LogP contribution in [0, 0.1) is 0 Å². The van der Waals surface area contributed by atoms with Crippen LogP contribution in [0.5, 0.6) is 11.5 Å². The Kier molecular flexibility index (Phi) is 21.7. The first-order valence-electron chi connectivity index (χ1n) is 14.7. The van der Waals surface area contributed by atoms with E-state index in [1.807, 2.05) is 24.3 Å². The Morgan fingerprint density at radius 3 is 0.879 bits per heavy atom. The summed E-state index contributed by atoms with van der Waals surface area (Å²) in [7, 11) is 0. The van der Waals surface area contributed by atoms with Crippen LogP contribution in [0.15, 0.2) is 24.3 Å². The van der Waals surface area contributed by atoms with Crippen LogP contribution in [0.4, 0.5) is 0 Å². The predicted octanol–water partition coefficient (Wildman–Crippen LogP) is 10.7. The normalized spacial score (nSPS) is 11.1. The number of ether oxygens (including phenoxy) is 2. The summed E-state index contributed by atoms with van der Waals surface area (Å²) in [5.41, 5.74) is 0. The lowest BCUT2D eigenvalue weighted by molar-refractivity contribution is 0.296. The number of unbranched alkanes of at least 4 members (excludes halogenated alkanes) is 19. The Balaban J connectivity index is 1.86. The third-order valence-electron chi connectivity index (χ3n) is 6.61. The van der Waals surface area contributed by atoms with Gasteiger partial charge in [0.25, 0.3) is 0 Å². The van der Waals surface area contributed by atoms with Crippen LogP contribution >= 0.6 is 0 Å². The van der Waals surface area contributed by atoms with Gasteiger partial charge in [-0.1, -0.05) is 136 Å². The zero-order chi connectivity index (χ0) is 23.7. The molecule has 0 aromatic heterocycles. The highest BCUT2D eigenvalue weighted by Crippen LogP contribution is 2.19. The van der Waals surface area contributed by atoms with Crippen LogP contribution in [-0.4, -0.2) is 13.2 Å². The summed E-state index contributed by atoms with van der Waals surface area (Å²) in [4.78, 5) is 0. The average Bonchev–Trinajstić information content (AvgIpc) is 2.84. The average molecular weight is 461 g/mol. The molecule has 0 saturated heterocycles. The summed E-state index contributed by atoms with van der Waals surface area (Å²) < 4.78 is 11.8. The summed E-state index contributed by atoms with van der Waals surface area (Å²) in [6.45, 7) is 6.22. The van der Waals surface area contributed by atoms with E-state index in [0.717, 1.165) is 37.6 Å². The second-order valence-corrected chi connectivity index (χ2v) is 9.89. The minimum atomic E-state index is 0.826. The molecule has 1 aromatic carbocycles. The summed E-state index contributed by atoms with van der Waals surface area (Å²) in [6.07, 6.45) is 28.7. The van der Waals surface area contributed by atoms with Gasteiger partial charge in [-0.2, -0.15) is 0 Å². The first-order valence-corrected chi connectivity index (χ1v) is 14.7. The van der Waals surface area contributed by atoms with Crippen LogP contribution in [0.1, 0.15) is 149 Å². The molecule has 1 rings (SSSR count). The Morgan fingerprint density at radius 2 is 0.606 bits per heavy atom. The molecule has 2 nitrogen and oxygen atoms in total. The second-order valence-electron chi connectivity index (χ2n) is 9.89. The van der Waals surface area contributed by atoms with Crippen molar-refractivity contribution in [2.75, 3.05) is 13.2 Å². The Hall–Kier alpha value is -1.18. The summed E-state index contributed by atoms with van der Waals surface area (Å²) in [5, 5.41) is 0. The van der Waals surface area contributed by atoms with Crippen molar-refractivity contribution in [3.05, 3.63) is 24.3 Å². The molecule has 0 heterocycles. The van der Waals surface area contributed by atoms with Gasteiger partial charge in [-0.3, -0.25) is 0 Å². The molecule has 192 valence electrons. The quantitative estimate of drug-likeness (QED) is 0.135. The molecular formula is C31H56O2. The fourth-order valence-electron chi connectivity index (χ4n) is 4.37. The lowest BCUT2D eigenvalue weighted by Crippen LogP contribution is -1.99. The monoisotopic (exact) mass is 460 g/mol. The molecule has 0 radical (unpaired) electrons. The van der Waals surface area contributed by atoms with E-state index in [4.69, 9.17) is 9.47 Å². The van der Waals surface area contributed by atoms with E-state index in [2.05, 4.69) is 13.8 Å². The van der Waals surface area contributed by atoms with E-state index >= 15 is 0 Å². The zero-order valence-corrected chi connectivity index (χ0v) is 22.4. The molecular weight excluding hydrogens is 404 g/mol. The highest BCUT2D eigenvalue weighted by Gasteiger charge is 1.98. The van der Waals surface area contributed by atoms with Gasteiger partial charge in [-0.25, -0.2) is 0 Å². The molecule has 0 unspecified atom stereocenters. The minimum absolute atomic E-state index is 0.826. The topological polar surface area (TPSA) is 18.5 Å². The highest BCUT2D eigenvalue weighted by atomic mass is 16.5. The van der Waals surface area contributed by atoms with Crippen molar-refractivity contribution in [1.82, 2.24) is 0 Å². The first kappa shape index (κ1) is 29.9. The molecule has 33 heavy (non-hydrogen) atoms. The fraction of sp³-hybridized carbons (Fsp3) is 0.806. The smallest absolute Gasteiger partial charge is 0.119 e. The fourth-order valence-corrected chi connectivity index (χ4v) is 4.37. The highest BCUT2D eigenvalue weighted by molar-refractivity contribution is 5.31. The minimum Gasteiger partial charge on any atom is -0.494 e. The van der Waals surface area contributed by atoms with E-state index < -0.39 is 0 Å². The molecule has 0 spiro atoms. The van der Waals surface area contributed by atoms with Gasteiger partial charge in [-0.05, 0) is 37.1 Å². The molecule has 0 aliphatic heterocycles. The third kappa shape index (κ3) is 20.0. The van der Waals surface area contributed by atoms with Gasteiger partial charge in [0, 0.05) is 0 Å². The second kappa shape index (κ2) is 24.0. The Labute approximate surface area is 207 Å². The van der Waals surface area contributed by atoms with Crippen molar-refractivity contribution in [3.63, 3.8) is 0 Å². The van der Waals surface area contributed by atoms with E-state index in [9.17, 15) is 0 Å². The zero-order valence-electron chi connectivity index (χ0n) is 22.4.